The van der Waals surface area contributed by atoms with Gasteiger partial charge in [0.1, 0.15) is 5.75 Å². The van der Waals surface area contributed by atoms with Crippen molar-refractivity contribution < 1.29 is 9.53 Å². The second kappa shape index (κ2) is 14.4. The van der Waals surface area contributed by atoms with Crippen LogP contribution in [0.5, 0.6) is 5.75 Å². The first-order chi connectivity index (χ1) is 16.7. The smallest absolute Gasteiger partial charge is 0.343 e. The summed E-state index contributed by atoms with van der Waals surface area (Å²) in [7, 11) is 0. The van der Waals surface area contributed by atoms with Crippen LogP contribution in [0.3, 0.4) is 0 Å². The van der Waals surface area contributed by atoms with E-state index in [2.05, 4.69) is 50.2 Å². The minimum atomic E-state index is -0.320. The molecule has 0 aliphatic heterocycles. The average Bonchev–Trinajstić information content (AvgIpc) is 2.88. The lowest BCUT2D eigenvalue weighted by Gasteiger charge is -2.08. The molecule has 2 heteroatoms. The van der Waals surface area contributed by atoms with Crippen molar-refractivity contribution in [3.05, 3.63) is 89.5 Å². The Morgan fingerprint density at radius 3 is 1.59 bits per heavy atom. The number of unbranched alkanes of at least 4 members (excludes halogenated alkanes) is 7. The van der Waals surface area contributed by atoms with E-state index in [1.807, 2.05) is 36.4 Å². The Hall–Kier alpha value is -2.87. The summed E-state index contributed by atoms with van der Waals surface area (Å²) in [5.74, 6) is 0.272. The zero-order chi connectivity index (χ0) is 24.0. The van der Waals surface area contributed by atoms with Crippen LogP contribution < -0.4 is 4.74 Å². The van der Waals surface area contributed by atoms with E-state index in [0.717, 1.165) is 18.4 Å². The van der Waals surface area contributed by atoms with E-state index < -0.39 is 0 Å². The number of hydrogen-bond acceptors (Lipinski definition) is 2. The molecular formula is C32H40O2. The fourth-order valence-corrected chi connectivity index (χ4v) is 4.24. The summed E-state index contributed by atoms with van der Waals surface area (Å²) in [6, 6.07) is 24.4. The molecule has 180 valence electrons. The van der Waals surface area contributed by atoms with Crippen LogP contribution in [0.2, 0.25) is 0 Å². The van der Waals surface area contributed by atoms with Crippen molar-refractivity contribution in [2.75, 3.05) is 0 Å². The molecule has 0 heterocycles. The fraction of sp³-hybridized carbons (Fsp3) is 0.406. The van der Waals surface area contributed by atoms with Crippen molar-refractivity contribution in [1.29, 1.82) is 0 Å². The van der Waals surface area contributed by atoms with Crippen LogP contribution in [0.25, 0.3) is 11.1 Å². The lowest BCUT2D eigenvalue weighted by molar-refractivity contribution is 0.0734. The number of aryl methyl sites for hydroxylation is 2. The van der Waals surface area contributed by atoms with Crippen molar-refractivity contribution in [1.82, 2.24) is 0 Å². The lowest BCUT2D eigenvalue weighted by Crippen LogP contribution is -2.08. The molecule has 0 spiro atoms. The molecule has 0 fully saturated rings. The molecule has 0 bridgehead atoms. The van der Waals surface area contributed by atoms with Crippen LogP contribution >= 0.6 is 0 Å². The van der Waals surface area contributed by atoms with E-state index in [4.69, 9.17) is 4.74 Å². The summed E-state index contributed by atoms with van der Waals surface area (Å²) in [5, 5.41) is 0. The molecule has 0 aromatic heterocycles. The van der Waals surface area contributed by atoms with Gasteiger partial charge in [0.2, 0.25) is 0 Å². The van der Waals surface area contributed by atoms with Crippen LogP contribution in [0, 0.1) is 0 Å². The molecule has 0 atom stereocenters. The number of benzene rings is 3. The van der Waals surface area contributed by atoms with Gasteiger partial charge >= 0.3 is 5.97 Å². The van der Waals surface area contributed by atoms with Crippen LogP contribution in [0.1, 0.15) is 93.1 Å². The third-order valence-electron chi connectivity index (χ3n) is 6.43. The minimum absolute atomic E-state index is 0.320. The number of rotatable bonds is 14. The first-order valence-electron chi connectivity index (χ1n) is 13.2. The first-order valence-corrected chi connectivity index (χ1v) is 13.2. The average molecular weight is 457 g/mol. The summed E-state index contributed by atoms with van der Waals surface area (Å²) in [6.07, 6.45) is 13.9. The molecule has 0 amide bonds. The second-order valence-electron chi connectivity index (χ2n) is 9.28. The number of hydrogen-bond donors (Lipinski definition) is 0. The Bertz CT molecular complexity index is 969. The molecule has 0 unspecified atom stereocenters. The van der Waals surface area contributed by atoms with Crippen LogP contribution in [0.4, 0.5) is 0 Å². The highest BCUT2D eigenvalue weighted by atomic mass is 16.5. The normalized spacial score (nSPS) is 10.9. The van der Waals surface area contributed by atoms with Crippen molar-refractivity contribution in [3.8, 4) is 16.9 Å². The predicted octanol–water partition coefficient (Wildman–Crippen LogP) is 9.21. The molecule has 0 aliphatic carbocycles. The van der Waals surface area contributed by atoms with Crippen molar-refractivity contribution in [3.63, 3.8) is 0 Å². The molecule has 0 aliphatic rings. The molecule has 2 nitrogen and oxygen atoms in total. The summed E-state index contributed by atoms with van der Waals surface area (Å²) < 4.78 is 5.57. The molecule has 0 saturated heterocycles. The zero-order valence-corrected chi connectivity index (χ0v) is 21.0. The minimum Gasteiger partial charge on any atom is -0.423 e. The highest BCUT2D eigenvalue weighted by Crippen LogP contribution is 2.22. The van der Waals surface area contributed by atoms with E-state index in [9.17, 15) is 4.79 Å². The van der Waals surface area contributed by atoms with Crippen molar-refractivity contribution in [2.24, 2.45) is 0 Å². The van der Waals surface area contributed by atoms with E-state index in [0.29, 0.717) is 11.3 Å². The summed E-state index contributed by atoms with van der Waals surface area (Å²) in [6.45, 7) is 4.47. The molecule has 3 aromatic carbocycles. The number of esters is 1. The Kier molecular flexibility index (Phi) is 10.9. The second-order valence-corrected chi connectivity index (χ2v) is 9.28. The van der Waals surface area contributed by atoms with Crippen molar-refractivity contribution >= 4 is 5.97 Å². The van der Waals surface area contributed by atoms with Crippen LogP contribution in [-0.2, 0) is 12.8 Å². The molecule has 3 aromatic rings. The Morgan fingerprint density at radius 1 is 0.559 bits per heavy atom. The van der Waals surface area contributed by atoms with Gasteiger partial charge in [0, 0.05) is 0 Å². The van der Waals surface area contributed by atoms with Gasteiger partial charge in [-0.2, -0.15) is 0 Å². The van der Waals surface area contributed by atoms with Gasteiger partial charge in [-0.05, 0) is 72.2 Å². The summed E-state index contributed by atoms with van der Waals surface area (Å²) in [4.78, 5) is 12.6. The van der Waals surface area contributed by atoms with Crippen LogP contribution in [0.15, 0.2) is 72.8 Å². The van der Waals surface area contributed by atoms with Gasteiger partial charge in [-0.25, -0.2) is 4.79 Å². The highest BCUT2D eigenvalue weighted by Gasteiger charge is 2.09. The molecule has 0 radical (unpaired) electrons. The van der Waals surface area contributed by atoms with Crippen molar-refractivity contribution in [2.45, 2.75) is 84.5 Å². The third-order valence-corrected chi connectivity index (χ3v) is 6.43. The molecular weight excluding hydrogens is 416 g/mol. The van der Waals surface area contributed by atoms with E-state index >= 15 is 0 Å². The predicted molar refractivity (Wildman–Crippen MR) is 144 cm³/mol. The van der Waals surface area contributed by atoms with Gasteiger partial charge in [0.15, 0.2) is 0 Å². The lowest BCUT2D eigenvalue weighted by atomic mass is 10.00. The Labute approximate surface area is 206 Å². The number of ether oxygens (including phenoxy) is 1. The first kappa shape index (κ1) is 25.7. The standard InChI is InChI=1S/C32H40O2/c1-3-5-7-8-9-11-13-26-14-18-28(19-15-26)29-20-22-30(23-21-29)32(33)34-31-24-16-27(17-25-31)12-10-6-4-2/h14-25H,3-13H2,1-2H3. The maximum atomic E-state index is 12.6. The van der Waals surface area contributed by atoms with Gasteiger partial charge < -0.3 is 4.74 Å². The Morgan fingerprint density at radius 2 is 1.00 bits per heavy atom. The molecule has 34 heavy (non-hydrogen) atoms. The molecule has 0 saturated carbocycles. The van der Waals surface area contributed by atoms with Gasteiger partial charge in [-0.1, -0.05) is 107 Å². The van der Waals surface area contributed by atoms with Gasteiger partial charge in [-0.3, -0.25) is 0 Å². The van der Waals surface area contributed by atoms with Gasteiger partial charge in [0.25, 0.3) is 0 Å². The molecule has 3 rings (SSSR count). The number of carbonyl (C=O) groups excluding carboxylic acids is 1. The molecule has 0 N–H and O–H groups in total. The number of carbonyl (C=O) groups is 1. The Balaban J connectivity index is 1.48. The topological polar surface area (TPSA) is 26.3 Å². The third kappa shape index (κ3) is 8.48. The SMILES string of the molecule is CCCCCCCCc1ccc(-c2ccc(C(=O)Oc3ccc(CCCCC)cc3)cc2)cc1. The van der Waals surface area contributed by atoms with E-state index in [-0.39, 0.29) is 5.97 Å². The highest BCUT2D eigenvalue weighted by molar-refractivity contribution is 5.91. The summed E-state index contributed by atoms with van der Waals surface area (Å²) >= 11 is 0. The quantitative estimate of drug-likeness (QED) is 0.137. The zero-order valence-electron chi connectivity index (χ0n) is 21.0. The maximum Gasteiger partial charge on any atom is 0.343 e. The van der Waals surface area contributed by atoms with Crippen LogP contribution in [-0.4, -0.2) is 5.97 Å². The summed E-state index contributed by atoms with van der Waals surface area (Å²) in [5.41, 5.74) is 5.53. The largest absolute Gasteiger partial charge is 0.423 e. The monoisotopic (exact) mass is 456 g/mol. The van der Waals surface area contributed by atoms with E-state index in [1.54, 1.807) is 0 Å². The van der Waals surface area contributed by atoms with Gasteiger partial charge in [0.05, 0.1) is 5.56 Å². The fourth-order valence-electron chi connectivity index (χ4n) is 4.24. The maximum absolute atomic E-state index is 12.6. The van der Waals surface area contributed by atoms with Gasteiger partial charge in [-0.15, -0.1) is 0 Å². The van der Waals surface area contributed by atoms with E-state index in [1.165, 1.54) is 74.5 Å².